The van der Waals surface area contributed by atoms with Crippen molar-refractivity contribution < 1.29 is 13.3 Å². The van der Waals surface area contributed by atoms with Crippen molar-refractivity contribution in [2.24, 2.45) is 0 Å². The summed E-state index contributed by atoms with van der Waals surface area (Å²) >= 11 is 3.45. The van der Waals surface area contributed by atoms with E-state index in [0.29, 0.717) is 6.61 Å². The molecular formula is C15H12BrFO2S. The Balaban J connectivity index is 1.93. The van der Waals surface area contributed by atoms with Gasteiger partial charge >= 0.3 is 0 Å². The smallest absolute Gasteiger partial charge is 0.139 e. The predicted molar refractivity (Wildman–Crippen MR) is 79.9 cm³/mol. The summed E-state index contributed by atoms with van der Waals surface area (Å²) in [6.45, 7) is 0.644. The van der Waals surface area contributed by atoms with Gasteiger partial charge in [0.1, 0.15) is 11.6 Å². The summed E-state index contributed by atoms with van der Waals surface area (Å²) in [5.41, 5.74) is 1.97. The van der Waals surface area contributed by atoms with Crippen LogP contribution in [0.5, 0.6) is 5.75 Å². The molecule has 20 heavy (non-hydrogen) atoms. The van der Waals surface area contributed by atoms with Crippen LogP contribution in [0, 0.1) is 5.82 Å². The summed E-state index contributed by atoms with van der Waals surface area (Å²) in [5.74, 6) is 0.624. The van der Waals surface area contributed by atoms with E-state index in [2.05, 4.69) is 15.9 Å². The SMILES string of the molecule is O=S(Cc1cc(Br)cc2c1OCC2)c1ccccc1F. The molecule has 0 spiro atoms. The lowest BCUT2D eigenvalue weighted by Crippen LogP contribution is -2.01. The molecule has 2 nitrogen and oxygen atoms in total. The van der Waals surface area contributed by atoms with E-state index in [1.165, 1.54) is 6.07 Å². The summed E-state index contributed by atoms with van der Waals surface area (Å²) in [6, 6.07) is 10.1. The molecule has 0 amide bonds. The third kappa shape index (κ3) is 2.65. The van der Waals surface area contributed by atoms with Crippen LogP contribution in [0.4, 0.5) is 4.39 Å². The van der Waals surface area contributed by atoms with Gasteiger partial charge in [-0.2, -0.15) is 0 Å². The van der Waals surface area contributed by atoms with Crippen LogP contribution in [-0.2, 0) is 23.0 Å². The lowest BCUT2D eigenvalue weighted by atomic mass is 10.1. The first-order chi connectivity index (χ1) is 9.65. The summed E-state index contributed by atoms with van der Waals surface area (Å²) in [4.78, 5) is 0.235. The molecule has 0 fully saturated rings. The van der Waals surface area contributed by atoms with Crippen molar-refractivity contribution >= 4 is 26.7 Å². The predicted octanol–water partition coefficient (Wildman–Crippen LogP) is 3.83. The quantitative estimate of drug-likeness (QED) is 0.837. The Kier molecular flexibility index (Phi) is 3.89. The molecule has 2 aromatic rings. The topological polar surface area (TPSA) is 26.3 Å². The van der Waals surface area contributed by atoms with E-state index in [1.54, 1.807) is 18.2 Å². The molecule has 0 bridgehead atoms. The standard InChI is InChI=1S/C15H12BrFO2S/c16-12-7-10-5-6-19-15(10)11(8-12)9-20(18)14-4-2-1-3-13(14)17/h1-4,7-8H,5-6,9H2. The highest BCUT2D eigenvalue weighted by molar-refractivity contribution is 9.10. The molecule has 2 aromatic carbocycles. The van der Waals surface area contributed by atoms with Crippen molar-refractivity contribution in [1.82, 2.24) is 0 Å². The highest BCUT2D eigenvalue weighted by Gasteiger charge is 2.20. The molecule has 0 radical (unpaired) electrons. The van der Waals surface area contributed by atoms with Crippen LogP contribution in [0.3, 0.4) is 0 Å². The molecule has 1 unspecified atom stereocenters. The third-order valence-corrected chi connectivity index (χ3v) is 5.05. The lowest BCUT2D eigenvalue weighted by molar-refractivity contribution is 0.354. The Labute approximate surface area is 127 Å². The largest absolute Gasteiger partial charge is 0.493 e. The first kappa shape index (κ1) is 13.8. The van der Waals surface area contributed by atoms with E-state index < -0.39 is 16.6 Å². The van der Waals surface area contributed by atoms with Gasteiger partial charge in [0.05, 0.1) is 28.1 Å². The average molecular weight is 355 g/mol. The summed E-state index contributed by atoms with van der Waals surface area (Å²) < 4.78 is 32.5. The summed E-state index contributed by atoms with van der Waals surface area (Å²) in [5, 5.41) is 0. The van der Waals surface area contributed by atoms with Crippen molar-refractivity contribution in [3.05, 3.63) is 57.8 Å². The fourth-order valence-corrected chi connectivity index (χ4v) is 4.02. The van der Waals surface area contributed by atoms with Crippen LogP contribution >= 0.6 is 15.9 Å². The minimum Gasteiger partial charge on any atom is -0.493 e. The second-order valence-electron chi connectivity index (χ2n) is 4.57. The highest BCUT2D eigenvalue weighted by atomic mass is 79.9. The van der Waals surface area contributed by atoms with Crippen LogP contribution in [0.1, 0.15) is 11.1 Å². The van der Waals surface area contributed by atoms with Crippen LogP contribution in [0.25, 0.3) is 0 Å². The molecule has 1 aliphatic heterocycles. The van der Waals surface area contributed by atoms with Gasteiger partial charge in [-0.1, -0.05) is 28.1 Å². The molecule has 104 valence electrons. The molecule has 1 aliphatic rings. The van der Waals surface area contributed by atoms with Crippen LogP contribution in [0.2, 0.25) is 0 Å². The Hall–Kier alpha value is -1.20. The van der Waals surface area contributed by atoms with E-state index in [-0.39, 0.29) is 10.6 Å². The zero-order chi connectivity index (χ0) is 14.1. The minimum atomic E-state index is -1.42. The fourth-order valence-electron chi connectivity index (χ4n) is 2.30. The van der Waals surface area contributed by atoms with Gasteiger partial charge in [0, 0.05) is 16.5 Å². The van der Waals surface area contributed by atoms with Gasteiger partial charge < -0.3 is 4.74 Å². The van der Waals surface area contributed by atoms with Gasteiger partial charge in [0.2, 0.25) is 0 Å². The van der Waals surface area contributed by atoms with Gasteiger partial charge in [-0.3, -0.25) is 4.21 Å². The van der Waals surface area contributed by atoms with Gasteiger partial charge in [-0.05, 0) is 29.8 Å². The number of hydrogen-bond acceptors (Lipinski definition) is 2. The lowest BCUT2D eigenvalue weighted by Gasteiger charge is -2.09. The number of ether oxygens (including phenoxy) is 1. The summed E-state index contributed by atoms with van der Waals surface area (Å²) in [7, 11) is -1.42. The van der Waals surface area contributed by atoms with E-state index in [9.17, 15) is 8.60 Å². The molecular weight excluding hydrogens is 343 g/mol. The Morgan fingerprint density at radius 3 is 2.90 bits per heavy atom. The van der Waals surface area contributed by atoms with E-state index in [0.717, 1.165) is 27.8 Å². The Morgan fingerprint density at radius 1 is 1.30 bits per heavy atom. The average Bonchev–Trinajstić information content (AvgIpc) is 2.87. The van der Waals surface area contributed by atoms with Crippen LogP contribution in [-0.4, -0.2) is 10.8 Å². The third-order valence-electron chi connectivity index (χ3n) is 3.19. The zero-order valence-corrected chi connectivity index (χ0v) is 13.0. The molecule has 0 saturated carbocycles. The molecule has 1 atom stereocenters. The number of rotatable bonds is 3. The second kappa shape index (κ2) is 5.66. The molecule has 0 N–H and O–H groups in total. The Bertz CT molecular complexity index is 688. The van der Waals surface area contributed by atoms with Crippen molar-refractivity contribution in [3.8, 4) is 5.75 Å². The molecule has 0 aliphatic carbocycles. The molecule has 1 heterocycles. The Morgan fingerprint density at radius 2 is 2.10 bits per heavy atom. The first-order valence-corrected chi connectivity index (χ1v) is 8.33. The van der Waals surface area contributed by atoms with Crippen molar-refractivity contribution in [3.63, 3.8) is 0 Å². The zero-order valence-electron chi connectivity index (χ0n) is 10.6. The number of fused-ring (bicyclic) bond motifs is 1. The normalized spacial score (nSPS) is 14.7. The van der Waals surface area contributed by atoms with E-state index >= 15 is 0 Å². The maximum Gasteiger partial charge on any atom is 0.139 e. The number of hydrogen-bond donors (Lipinski definition) is 0. The maximum absolute atomic E-state index is 13.7. The van der Waals surface area contributed by atoms with E-state index in [1.807, 2.05) is 12.1 Å². The van der Waals surface area contributed by atoms with Crippen molar-refractivity contribution in [2.75, 3.05) is 6.61 Å². The molecule has 5 heteroatoms. The molecule has 0 saturated heterocycles. The number of benzene rings is 2. The highest BCUT2D eigenvalue weighted by Crippen LogP contribution is 2.34. The fraction of sp³-hybridized carbons (Fsp3) is 0.200. The molecule has 0 aromatic heterocycles. The van der Waals surface area contributed by atoms with Crippen molar-refractivity contribution in [2.45, 2.75) is 17.1 Å². The van der Waals surface area contributed by atoms with Gasteiger partial charge in [-0.25, -0.2) is 4.39 Å². The minimum absolute atomic E-state index is 0.235. The van der Waals surface area contributed by atoms with Crippen molar-refractivity contribution in [1.29, 1.82) is 0 Å². The molecule has 3 rings (SSSR count). The van der Waals surface area contributed by atoms with Gasteiger partial charge in [0.25, 0.3) is 0 Å². The van der Waals surface area contributed by atoms with Gasteiger partial charge in [-0.15, -0.1) is 0 Å². The first-order valence-electron chi connectivity index (χ1n) is 6.22. The van der Waals surface area contributed by atoms with Crippen LogP contribution < -0.4 is 4.74 Å². The summed E-state index contributed by atoms with van der Waals surface area (Å²) in [6.07, 6.45) is 0.855. The number of halogens is 2. The monoisotopic (exact) mass is 354 g/mol. The second-order valence-corrected chi connectivity index (χ2v) is 6.91. The maximum atomic E-state index is 13.7. The van der Waals surface area contributed by atoms with Gasteiger partial charge in [0.15, 0.2) is 0 Å². The van der Waals surface area contributed by atoms with E-state index in [4.69, 9.17) is 4.74 Å². The van der Waals surface area contributed by atoms with Crippen LogP contribution in [0.15, 0.2) is 45.8 Å².